The maximum Gasteiger partial charge on any atom is 0.414 e. The summed E-state index contributed by atoms with van der Waals surface area (Å²) in [5.74, 6) is -0.765. The number of carbonyl (C=O) groups excluding carboxylic acids is 1. The van der Waals surface area contributed by atoms with Crippen molar-refractivity contribution >= 4 is 23.4 Å². The number of ether oxygens (including phenoxy) is 1. The number of amides is 1. The number of benzene rings is 1. The fraction of sp³-hybridized carbons (Fsp3) is 0.316. The van der Waals surface area contributed by atoms with E-state index in [1.165, 1.54) is 18.1 Å². The van der Waals surface area contributed by atoms with E-state index in [0.29, 0.717) is 22.4 Å². The van der Waals surface area contributed by atoms with Crippen LogP contribution in [0.3, 0.4) is 0 Å². The van der Waals surface area contributed by atoms with Crippen molar-refractivity contribution in [1.82, 2.24) is 0 Å². The molecule has 27 heavy (non-hydrogen) atoms. The van der Waals surface area contributed by atoms with Crippen LogP contribution in [0.15, 0.2) is 18.3 Å². The lowest BCUT2D eigenvalue weighted by Crippen LogP contribution is -2.35. The first-order valence-electron chi connectivity index (χ1n) is 8.19. The number of hydrogen-bond acceptors (Lipinski definition) is 4. The van der Waals surface area contributed by atoms with Gasteiger partial charge in [0.15, 0.2) is 0 Å². The maximum absolute atomic E-state index is 14.7. The van der Waals surface area contributed by atoms with Gasteiger partial charge in [-0.05, 0) is 38.5 Å². The second kappa shape index (κ2) is 6.39. The highest BCUT2D eigenvalue weighted by Gasteiger charge is 2.36. The van der Waals surface area contributed by atoms with Crippen molar-refractivity contribution in [2.75, 3.05) is 11.9 Å². The van der Waals surface area contributed by atoms with Crippen molar-refractivity contribution < 1.29 is 23.9 Å². The lowest BCUT2D eigenvalue weighted by atomic mass is 9.98. The zero-order chi connectivity index (χ0) is 20.1. The molecular weight excluding hydrogens is 373 g/mol. The summed E-state index contributed by atoms with van der Waals surface area (Å²) in [6.45, 7) is 5.19. The van der Waals surface area contributed by atoms with Gasteiger partial charge >= 0.3 is 6.09 Å². The van der Waals surface area contributed by atoms with Crippen LogP contribution in [0, 0.1) is 17.1 Å². The van der Waals surface area contributed by atoms with Gasteiger partial charge in [-0.15, -0.1) is 0 Å². The van der Waals surface area contributed by atoms with Crippen LogP contribution in [-0.2, 0) is 11.2 Å². The molecule has 6 nitrogen and oxygen atoms in total. The van der Waals surface area contributed by atoms with E-state index in [4.69, 9.17) is 16.3 Å². The van der Waals surface area contributed by atoms with Gasteiger partial charge in [0.05, 0.1) is 23.2 Å². The summed E-state index contributed by atoms with van der Waals surface area (Å²) in [5, 5.41) is 19.8. The van der Waals surface area contributed by atoms with Gasteiger partial charge in [-0.25, -0.2) is 9.18 Å². The molecule has 1 aromatic carbocycles. The number of rotatable bonds is 1. The van der Waals surface area contributed by atoms with Crippen molar-refractivity contribution in [3.8, 4) is 17.2 Å². The van der Waals surface area contributed by atoms with Crippen LogP contribution in [0.25, 0.3) is 11.1 Å². The lowest BCUT2D eigenvalue weighted by Gasteiger charge is -2.26. The molecule has 1 aromatic heterocycles. The molecule has 0 radical (unpaired) electrons. The number of carbonyl (C=O) groups is 1. The third kappa shape index (κ3) is 3.28. The van der Waals surface area contributed by atoms with E-state index in [-0.39, 0.29) is 22.7 Å². The van der Waals surface area contributed by atoms with E-state index in [9.17, 15) is 19.7 Å². The summed E-state index contributed by atoms with van der Waals surface area (Å²) in [5.41, 5.74) is 1.16. The van der Waals surface area contributed by atoms with Gasteiger partial charge in [0, 0.05) is 17.3 Å². The summed E-state index contributed by atoms with van der Waals surface area (Å²) in [7, 11) is 1.47. The molecule has 0 fully saturated rings. The Kier molecular flexibility index (Phi) is 4.48. The third-order valence-electron chi connectivity index (χ3n) is 4.23. The maximum atomic E-state index is 14.7. The van der Waals surface area contributed by atoms with E-state index in [2.05, 4.69) is 0 Å². The minimum atomic E-state index is -0.765. The molecule has 0 atom stereocenters. The number of hydrogen-bond donors (Lipinski definition) is 1. The third-order valence-corrected chi connectivity index (χ3v) is 4.44. The summed E-state index contributed by atoms with van der Waals surface area (Å²) in [4.78, 5) is 13.7. The van der Waals surface area contributed by atoms with Gasteiger partial charge in [0.1, 0.15) is 22.5 Å². The molecular formula is C19H18ClFN3O3+. The zero-order valence-electron chi connectivity index (χ0n) is 15.3. The quantitative estimate of drug-likeness (QED) is 0.506. The van der Waals surface area contributed by atoms with Crippen molar-refractivity contribution in [1.29, 1.82) is 5.26 Å². The average Bonchev–Trinajstić information content (AvgIpc) is 2.91. The fourth-order valence-corrected chi connectivity index (χ4v) is 3.33. The molecule has 0 unspecified atom stereocenters. The van der Waals surface area contributed by atoms with Gasteiger partial charge in [0.2, 0.25) is 11.9 Å². The topological polar surface area (TPSA) is 77.4 Å². The Morgan fingerprint density at radius 2 is 2.11 bits per heavy atom. The average molecular weight is 391 g/mol. The van der Waals surface area contributed by atoms with Crippen LogP contribution >= 0.6 is 11.6 Å². The Labute approximate surface area is 160 Å². The summed E-state index contributed by atoms with van der Waals surface area (Å²) < 4.78 is 20.9. The monoisotopic (exact) mass is 390 g/mol. The molecule has 0 spiro atoms. The van der Waals surface area contributed by atoms with Crippen LogP contribution in [0.1, 0.15) is 37.6 Å². The Hall–Kier alpha value is -2.85. The SMILES string of the molecule is CN(C(=O)OC(C)(C)C)c1cc(F)c(C#N)c2c1Cc1c-2cc(Cl)c[n+]1O. The summed E-state index contributed by atoms with van der Waals surface area (Å²) >= 11 is 6.01. The molecule has 1 aliphatic carbocycles. The molecule has 1 N–H and O–H groups in total. The standard InChI is InChI=1S/C19H18ClFN3O3/c1-19(2,3)27-18(25)23(4)15-7-14(21)13(8-22)17-11-5-10(20)9-24(26)16(11)6-12(15)17/h5,7,9,26H,6H2,1-4H3/q+1. The first-order chi connectivity index (χ1) is 12.5. The first-order valence-corrected chi connectivity index (χ1v) is 8.57. The number of pyridine rings is 1. The minimum Gasteiger partial charge on any atom is -0.443 e. The largest absolute Gasteiger partial charge is 0.443 e. The van der Waals surface area contributed by atoms with Gasteiger partial charge in [-0.2, -0.15) is 5.26 Å². The molecule has 3 rings (SSSR count). The highest BCUT2D eigenvalue weighted by Crippen LogP contribution is 2.44. The van der Waals surface area contributed by atoms with Crippen molar-refractivity contribution in [3.05, 3.63) is 46.0 Å². The van der Waals surface area contributed by atoms with Crippen LogP contribution in [0.2, 0.25) is 5.02 Å². The van der Waals surface area contributed by atoms with Crippen molar-refractivity contribution in [2.45, 2.75) is 32.8 Å². The smallest absolute Gasteiger partial charge is 0.414 e. The van der Waals surface area contributed by atoms with E-state index in [1.54, 1.807) is 26.8 Å². The van der Waals surface area contributed by atoms with Gasteiger partial charge in [-0.3, -0.25) is 10.1 Å². The Morgan fingerprint density at radius 3 is 2.70 bits per heavy atom. The molecule has 0 saturated carbocycles. The minimum absolute atomic E-state index is 0.160. The zero-order valence-corrected chi connectivity index (χ0v) is 16.1. The van der Waals surface area contributed by atoms with E-state index < -0.39 is 17.5 Å². The molecule has 140 valence electrons. The molecule has 8 heteroatoms. The molecule has 0 bridgehead atoms. The second-order valence-electron chi connectivity index (χ2n) is 7.30. The Balaban J connectivity index is 2.20. The fourth-order valence-electron chi connectivity index (χ4n) is 3.13. The lowest BCUT2D eigenvalue weighted by molar-refractivity contribution is -0.908. The van der Waals surface area contributed by atoms with Crippen LogP contribution in [-0.4, -0.2) is 23.9 Å². The number of anilines is 1. The summed E-state index contributed by atoms with van der Waals surface area (Å²) in [6, 6.07) is 4.56. The molecule has 1 heterocycles. The summed E-state index contributed by atoms with van der Waals surface area (Å²) in [6.07, 6.45) is 0.862. The van der Waals surface area contributed by atoms with E-state index in [0.717, 1.165) is 10.8 Å². The van der Waals surface area contributed by atoms with Crippen LogP contribution < -0.4 is 9.63 Å². The van der Waals surface area contributed by atoms with Gasteiger partial charge < -0.3 is 4.74 Å². The van der Waals surface area contributed by atoms with Gasteiger partial charge in [-0.1, -0.05) is 11.6 Å². The number of aromatic nitrogens is 1. The molecule has 0 aliphatic heterocycles. The molecule has 2 aromatic rings. The second-order valence-corrected chi connectivity index (χ2v) is 7.73. The highest BCUT2D eigenvalue weighted by atomic mass is 35.5. The Morgan fingerprint density at radius 1 is 1.44 bits per heavy atom. The van der Waals surface area contributed by atoms with Crippen molar-refractivity contribution in [3.63, 3.8) is 0 Å². The molecule has 1 aliphatic rings. The molecule has 1 amide bonds. The normalized spacial score (nSPS) is 12.2. The van der Waals surface area contributed by atoms with E-state index >= 15 is 0 Å². The van der Waals surface area contributed by atoms with Crippen LogP contribution in [0.5, 0.6) is 0 Å². The number of nitriles is 1. The first kappa shape index (κ1) is 18.9. The van der Waals surface area contributed by atoms with Gasteiger partial charge in [0.25, 0.3) is 0 Å². The number of halogens is 2. The predicted octanol–water partition coefficient (Wildman–Crippen LogP) is 3.82. The predicted molar refractivity (Wildman–Crippen MR) is 96.4 cm³/mol. The van der Waals surface area contributed by atoms with Crippen LogP contribution in [0.4, 0.5) is 14.9 Å². The van der Waals surface area contributed by atoms with Crippen molar-refractivity contribution in [2.24, 2.45) is 0 Å². The Bertz CT molecular complexity index is 1010. The molecule has 0 saturated heterocycles. The highest BCUT2D eigenvalue weighted by molar-refractivity contribution is 6.30. The van der Waals surface area contributed by atoms with E-state index in [1.807, 2.05) is 6.07 Å². The number of fused-ring (bicyclic) bond motifs is 3. The number of nitrogens with zero attached hydrogens (tertiary/aromatic N) is 3.